The number of fused-ring (bicyclic) bond motifs is 3. The van der Waals surface area contributed by atoms with Crippen molar-refractivity contribution in [3.05, 3.63) is 35.0 Å². The highest BCUT2D eigenvalue weighted by Gasteiger charge is 2.21. The van der Waals surface area contributed by atoms with Crippen molar-refractivity contribution >= 4 is 16.9 Å². The highest BCUT2D eigenvalue weighted by molar-refractivity contribution is 5.89. The molecule has 0 atom stereocenters. The topological polar surface area (TPSA) is 54.3 Å². The Labute approximate surface area is 118 Å². The lowest BCUT2D eigenvalue weighted by molar-refractivity contribution is -0.136. The van der Waals surface area contributed by atoms with E-state index in [1.165, 1.54) is 27.7 Å². The third kappa shape index (κ3) is 2.10. The van der Waals surface area contributed by atoms with Gasteiger partial charge < -0.3 is 15.0 Å². The summed E-state index contributed by atoms with van der Waals surface area (Å²) in [4.78, 5) is 10.9. The number of hydrogen-bond acceptors (Lipinski definition) is 2. The summed E-state index contributed by atoms with van der Waals surface area (Å²) in [5, 5.41) is 13.6. The summed E-state index contributed by atoms with van der Waals surface area (Å²) < 4.78 is 2.39. The number of carboxylic acids is 1. The van der Waals surface area contributed by atoms with Crippen LogP contribution in [0.25, 0.3) is 10.9 Å². The number of aliphatic carboxylic acids is 1. The molecule has 1 aliphatic rings. The molecule has 1 aliphatic heterocycles. The summed E-state index contributed by atoms with van der Waals surface area (Å²) in [5.74, 6) is -0.728. The summed E-state index contributed by atoms with van der Waals surface area (Å²) in [5.41, 5.74) is 5.15. The second-order valence-corrected chi connectivity index (χ2v) is 5.31. The second-order valence-electron chi connectivity index (χ2n) is 5.31. The zero-order valence-corrected chi connectivity index (χ0v) is 11.8. The normalized spacial score (nSPS) is 14.4. The second kappa shape index (κ2) is 5.29. The summed E-state index contributed by atoms with van der Waals surface area (Å²) in [6.45, 7) is 4.96. The van der Waals surface area contributed by atoms with Crippen LogP contribution in [0.3, 0.4) is 0 Å². The number of carbonyl (C=O) groups is 1. The Morgan fingerprint density at radius 2 is 2.30 bits per heavy atom. The molecule has 0 unspecified atom stereocenters. The van der Waals surface area contributed by atoms with E-state index in [1.807, 2.05) is 0 Å². The molecule has 0 fully saturated rings. The number of aryl methyl sites for hydroxylation is 2. The van der Waals surface area contributed by atoms with E-state index < -0.39 is 5.97 Å². The van der Waals surface area contributed by atoms with Gasteiger partial charge in [-0.3, -0.25) is 4.79 Å². The Bertz CT molecular complexity index is 658. The van der Waals surface area contributed by atoms with Crippen molar-refractivity contribution in [3.63, 3.8) is 0 Å². The van der Waals surface area contributed by atoms with Gasteiger partial charge in [-0.05, 0) is 24.0 Å². The number of nitrogens with zero attached hydrogens (tertiary/aromatic N) is 1. The van der Waals surface area contributed by atoms with Gasteiger partial charge in [0.25, 0.3) is 0 Å². The lowest BCUT2D eigenvalue weighted by Gasteiger charge is -2.19. The maximum atomic E-state index is 10.9. The predicted octanol–water partition coefficient (Wildman–Crippen LogP) is 2.32. The molecule has 2 N–H and O–H groups in total. The van der Waals surface area contributed by atoms with E-state index in [0.717, 1.165) is 26.1 Å². The summed E-state index contributed by atoms with van der Waals surface area (Å²) in [6.07, 6.45) is 1.82. The van der Waals surface area contributed by atoms with Gasteiger partial charge >= 0.3 is 5.97 Å². The molecule has 4 nitrogen and oxygen atoms in total. The SMILES string of the molecule is CCc1cccc2c(CCC(=O)O)c3n(c12)CCNC3. The average molecular weight is 272 g/mol. The quantitative estimate of drug-likeness (QED) is 0.898. The molecule has 20 heavy (non-hydrogen) atoms. The van der Waals surface area contributed by atoms with Gasteiger partial charge in [0.2, 0.25) is 0 Å². The van der Waals surface area contributed by atoms with E-state index in [9.17, 15) is 4.79 Å². The van der Waals surface area contributed by atoms with Crippen LogP contribution in [0.15, 0.2) is 18.2 Å². The van der Waals surface area contributed by atoms with Crippen LogP contribution < -0.4 is 5.32 Å². The third-order valence-electron chi connectivity index (χ3n) is 4.16. The van der Waals surface area contributed by atoms with E-state index in [4.69, 9.17) is 5.11 Å². The molecule has 0 saturated carbocycles. The first kappa shape index (κ1) is 13.2. The predicted molar refractivity (Wildman–Crippen MR) is 79.0 cm³/mol. The smallest absolute Gasteiger partial charge is 0.303 e. The Morgan fingerprint density at radius 3 is 3.05 bits per heavy atom. The van der Waals surface area contributed by atoms with Crippen LogP contribution in [0.2, 0.25) is 0 Å². The van der Waals surface area contributed by atoms with Crippen LogP contribution in [0.1, 0.15) is 30.2 Å². The first-order chi connectivity index (χ1) is 9.72. The monoisotopic (exact) mass is 272 g/mol. The van der Waals surface area contributed by atoms with Crippen LogP contribution in [0.4, 0.5) is 0 Å². The molecule has 0 radical (unpaired) electrons. The van der Waals surface area contributed by atoms with Crippen molar-refractivity contribution in [1.29, 1.82) is 0 Å². The number of para-hydroxylation sites is 1. The Balaban J connectivity index is 2.19. The van der Waals surface area contributed by atoms with Gasteiger partial charge in [-0.1, -0.05) is 25.1 Å². The van der Waals surface area contributed by atoms with E-state index in [0.29, 0.717) is 6.42 Å². The van der Waals surface area contributed by atoms with E-state index in [1.54, 1.807) is 0 Å². The molecule has 106 valence electrons. The number of hydrogen-bond donors (Lipinski definition) is 2. The molecule has 4 heteroatoms. The lowest BCUT2D eigenvalue weighted by atomic mass is 10.0. The van der Waals surface area contributed by atoms with Crippen LogP contribution in [-0.4, -0.2) is 22.2 Å². The van der Waals surface area contributed by atoms with E-state index in [-0.39, 0.29) is 6.42 Å². The minimum atomic E-state index is -0.728. The van der Waals surface area contributed by atoms with Gasteiger partial charge in [0.05, 0.1) is 5.52 Å². The Morgan fingerprint density at radius 1 is 1.45 bits per heavy atom. The van der Waals surface area contributed by atoms with Gasteiger partial charge in [0.1, 0.15) is 0 Å². The molecule has 2 heterocycles. The molecular weight excluding hydrogens is 252 g/mol. The van der Waals surface area contributed by atoms with Crippen molar-refractivity contribution in [3.8, 4) is 0 Å². The summed E-state index contributed by atoms with van der Waals surface area (Å²) in [7, 11) is 0. The van der Waals surface area contributed by atoms with E-state index >= 15 is 0 Å². The molecule has 0 bridgehead atoms. The molecule has 3 rings (SSSR count). The van der Waals surface area contributed by atoms with Gasteiger partial charge in [-0.2, -0.15) is 0 Å². The molecule has 0 amide bonds. The third-order valence-corrected chi connectivity index (χ3v) is 4.16. The fraction of sp³-hybridized carbons (Fsp3) is 0.438. The molecule has 1 aromatic carbocycles. The summed E-state index contributed by atoms with van der Waals surface area (Å²) >= 11 is 0. The molecule has 0 saturated heterocycles. The fourth-order valence-corrected chi connectivity index (χ4v) is 3.25. The average Bonchev–Trinajstić information content (AvgIpc) is 2.79. The Kier molecular flexibility index (Phi) is 3.49. The van der Waals surface area contributed by atoms with Crippen LogP contribution in [0, 0.1) is 0 Å². The highest BCUT2D eigenvalue weighted by Crippen LogP contribution is 2.31. The molecule has 2 aromatic rings. The van der Waals surface area contributed by atoms with Gasteiger partial charge in [0.15, 0.2) is 0 Å². The van der Waals surface area contributed by atoms with Gasteiger partial charge in [-0.15, -0.1) is 0 Å². The number of aromatic nitrogens is 1. The highest BCUT2D eigenvalue weighted by atomic mass is 16.4. The maximum absolute atomic E-state index is 10.9. The van der Waals surface area contributed by atoms with Crippen LogP contribution in [0.5, 0.6) is 0 Å². The van der Waals surface area contributed by atoms with Crippen molar-refractivity contribution in [2.24, 2.45) is 0 Å². The first-order valence-corrected chi connectivity index (χ1v) is 7.26. The van der Waals surface area contributed by atoms with Crippen molar-refractivity contribution in [2.45, 2.75) is 39.3 Å². The molecule has 1 aromatic heterocycles. The number of benzene rings is 1. The van der Waals surface area contributed by atoms with Crippen molar-refractivity contribution in [2.75, 3.05) is 6.54 Å². The fourth-order valence-electron chi connectivity index (χ4n) is 3.25. The van der Waals surface area contributed by atoms with Gasteiger partial charge in [-0.25, -0.2) is 0 Å². The molecule has 0 aliphatic carbocycles. The summed E-state index contributed by atoms with van der Waals surface area (Å²) in [6, 6.07) is 6.40. The van der Waals surface area contributed by atoms with Crippen LogP contribution >= 0.6 is 0 Å². The first-order valence-electron chi connectivity index (χ1n) is 7.26. The zero-order valence-electron chi connectivity index (χ0n) is 11.8. The molecule has 0 spiro atoms. The number of carboxylic acid groups (broad SMARTS) is 1. The van der Waals surface area contributed by atoms with E-state index in [2.05, 4.69) is 35.0 Å². The minimum absolute atomic E-state index is 0.197. The van der Waals surface area contributed by atoms with Crippen LogP contribution in [-0.2, 0) is 30.7 Å². The van der Waals surface area contributed by atoms with Gasteiger partial charge in [0, 0.05) is 37.1 Å². The zero-order chi connectivity index (χ0) is 14.1. The molecular formula is C16H20N2O2. The van der Waals surface area contributed by atoms with Crippen molar-refractivity contribution in [1.82, 2.24) is 9.88 Å². The number of nitrogens with one attached hydrogen (secondary N) is 1. The largest absolute Gasteiger partial charge is 0.481 e. The Hall–Kier alpha value is -1.81. The number of rotatable bonds is 4. The standard InChI is InChI=1S/C16H20N2O2/c1-2-11-4-3-5-13-12(6-7-15(19)20)14-10-17-8-9-18(14)16(11)13/h3-5,17H,2,6-10H2,1H3,(H,19,20). The van der Waals surface area contributed by atoms with Crippen molar-refractivity contribution < 1.29 is 9.90 Å². The maximum Gasteiger partial charge on any atom is 0.303 e. The minimum Gasteiger partial charge on any atom is -0.481 e. The lowest BCUT2D eigenvalue weighted by Crippen LogP contribution is -2.28.